The normalized spacial score (nSPS) is 11.6. The van der Waals surface area contributed by atoms with E-state index < -0.39 is 8.07 Å². The number of nitrogens with zero attached hydrogens (tertiary/aromatic N) is 4. The highest BCUT2D eigenvalue weighted by Gasteiger charge is 2.41. The molecule has 0 amide bonds. The number of benzene rings is 11. The third-order valence-corrected chi connectivity index (χ3v) is 20.1. The van der Waals surface area contributed by atoms with Crippen LogP contribution in [0.5, 0.6) is 0 Å². The number of aryl methyl sites for hydroxylation is 4. The van der Waals surface area contributed by atoms with Gasteiger partial charge < -0.3 is 4.57 Å². The summed E-state index contributed by atoms with van der Waals surface area (Å²) in [5.41, 5.74) is 17.8. The molecular formula is C73H56N4Si. The van der Waals surface area contributed by atoms with E-state index in [1.54, 1.807) is 0 Å². The first-order chi connectivity index (χ1) is 38.3. The molecule has 11 aromatic carbocycles. The summed E-state index contributed by atoms with van der Waals surface area (Å²) in [4.78, 5) is 15.7. The van der Waals surface area contributed by atoms with Crippen molar-refractivity contribution < 1.29 is 0 Å². The van der Waals surface area contributed by atoms with Crippen LogP contribution in [-0.2, 0) is 0 Å². The zero-order chi connectivity index (χ0) is 52.7. The van der Waals surface area contributed by atoms with Crippen molar-refractivity contribution in [2.24, 2.45) is 0 Å². The van der Waals surface area contributed by atoms with E-state index in [1.165, 1.54) is 64.9 Å². The van der Waals surface area contributed by atoms with Gasteiger partial charge in [0, 0.05) is 33.0 Å². The first-order valence-corrected chi connectivity index (χ1v) is 28.8. The fourth-order valence-electron chi connectivity index (χ4n) is 11.9. The van der Waals surface area contributed by atoms with Crippen LogP contribution < -0.4 is 20.7 Å². The number of hydrogen-bond donors (Lipinski definition) is 0. The van der Waals surface area contributed by atoms with E-state index in [0.29, 0.717) is 17.5 Å². The van der Waals surface area contributed by atoms with Crippen molar-refractivity contribution >= 4 is 50.6 Å². The van der Waals surface area contributed by atoms with Crippen LogP contribution in [-0.4, -0.2) is 27.6 Å². The topological polar surface area (TPSA) is 43.6 Å². The molecule has 0 saturated heterocycles. The highest BCUT2D eigenvalue weighted by molar-refractivity contribution is 7.19. The second-order valence-electron chi connectivity index (χ2n) is 20.8. The van der Waals surface area contributed by atoms with E-state index >= 15 is 0 Å². The van der Waals surface area contributed by atoms with Gasteiger partial charge in [-0.25, -0.2) is 15.0 Å². The summed E-state index contributed by atoms with van der Waals surface area (Å²) in [5, 5.41) is 7.64. The lowest BCUT2D eigenvalue weighted by molar-refractivity contribution is 1.07. The van der Waals surface area contributed by atoms with E-state index in [4.69, 9.17) is 15.0 Å². The summed E-state index contributed by atoms with van der Waals surface area (Å²) >= 11 is 0. The molecular weight excluding hydrogens is 961 g/mol. The van der Waals surface area contributed by atoms with Gasteiger partial charge in [-0.05, 0) is 94.5 Å². The van der Waals surface area contributed by atoms with Gasteiger partial charge in [-0.3, -0.25) is 0 Å². The van der Waals surface area contributed by atoms with Crippen LogP contribution in [0.2, 0.25) is 0 Å². The first-order valence-electron chi connectivity index (χ1n) is 26.8. The van der Waals surface area contributed by atoms with Crippen molar-refractivity contribution in [1.29, 1.82) is 0 Å². The lowest BCUT2D eigenvalue weighted by Crippen LogP contribution is -2.74. The molecule has 0 spiro atoms. The standard InChI is InChI=1S/C73H56N4Si/c1-49-39-50(2)42-59(41-49)55-33-37-66-67-38-34-56(60-43-51(3)40-52(4)44-60)47-70(67)77(69(66)46-55)68-48-58(73-75-71(53-21-10-5-11-22-53)74-72(76-73)54-23-12-6-13-24-54)35-36-65(68)57-25-20-32-64(45-57)78(61-26-14-7-15-27-61,62-28-16-8-17-29-62)63-30-18-9-19-31-63/h5-48H,1-4H3. The van der Waals surface area contributed by atoms with Gasteiger partial charge in [-0.2, -0.15) is 0 Å². The summed E-state index contributed by atoms with van der Waals surface area (Å²) in [6, 6.07) is 98.0. The second kappa shape index (κ2) is 20.2. The maximum Gasteiger partial charge on any atom is 0.179 e. The van der Waals surface area contributed by atoms with Crippen LogP contribution in [0.4, 0.5) is 0 Å². The Morgan fingerprint density at radius 3 is 1.08 bits per heavy atom. The highest BCUT2D eigenvalue weighted by atomic mass is 28.3. The minimum absolute atomic E-state index is 0.598. The lowest BCUT2D eigenvalue weighted by Gasteiger charge is -2.34. The van der Waals surface area contributed by atoms with E-state index in [2.05, 4.69) is 263 Å². The predicted octanol–water partition coefficient (Wildman–Crippen LogP) is 15.6. The van der Waals surface area contributed by atoms with E-state index in [9.17, 15) is 0 Å². The molecule has 13 aromatic rings. The zero-order valence-electron chi connectivity index (χ0n) is 44.2. The largest absolute Gasteiger partial charge is 0.309 e. The Morgan fingerprint density at radius 2 is 0.641 bits per heavy atom. The third kappa shape index (κ3) is 8.84. The summed E-state index contributed by atoms with van der Waals surface area (Å²) in [6.45, 7) is 8.74. The Balaban J connectivity index is 1.13. The van der Waals surface area contributed by atoms with Gasteiger partial charge in [-0.15, -0.1) is 0 Å². The molecule has 0 bridgehead atoms. The van der Waals surface area contributed by atoms with Crippen molar-refractivity contribution in [3.05, 3.63) is 289 Å². The molecule has 4 nitrogen and oxygen atoms in total. The van der Waals surface area contributed by atoms with Crippen molar-refractivity contribution in [2.45, 2.75) is 27.7 Å². The van der Waals surface area contributed by atoms with Crippen molar-refractivity contribution in [1.82, 2.24) is 19.5 Å². The summed E-state index contributed by atoms with van der Waals surface area (Å²) in [7, 11) is -2.92. The predicted molar refractivity (Wildman–Crippen MR) is 329 cm³/mol. The minimum atomic E-state index is -2.92. The number of rotatable bonds is 11. The second-order valence-corrected chi connectivity index (χ2v) is 24.6. The molecule has 0 atom stereocenters. The fourth-order valence-corrected chi connectivity index (χ4v) is 16.7. The van der Waals surface area contributed by atoms with Crippen molar-refractivity contribution in [3.63, 3.8) is 0 Å². The maximum absolute atomic E-state index is 5.31. The SMILES string of the molecule is Cc1cc(C)cc(-c2ccc3c4ccc(-c5cc(C)cc(C)c5)cc4n(-c4cc(-c5nc(-c6ccccc6)nc(-c6ccccc6)n5)ccc4-c4cccc([Si](c5ccccc5)(c5ccccc5)c5ccccc5)c4)c3c2)c1. The van der Waals surface area contributed by atoms with Crippen molar-refractivity contribution in [2.75, 3.05) is 0 Å². The van der Waals surface area contributed by atoms with Gasteiger partial charge >= 0.3 is 0 Å². The molecule has 2 heterocycles. The van der Waals surface area contributed by atoms with Gasteiger partial charge in [0.25, 0.3) is 0 Å². The van der Waals surface area contributed by atoms with Crippen LogP contribution in [0.25, 0.3) is 95.0 Å². The average Bonchev–Trinajstić information content (AvgIpc) is 3.81. The molecule has 0 radical (unpaired) electrons. The zero-order valence-corrected chi connectivity index (χ0v) is 45.2. The molecule has 0 N–H and O–H groups in total. The Bertz CT molecular complexity index is 4040. The first kappa shape index (κ1) is 48.1. The number of aromatic nitrogens is 4. The number of hydrogen-bond acceptors (Lipinski definition) is 3. The quantitative estimate of drug-likeness (QED) is 0.0958. The average molecular weight is 1020 g/mol. The van der Waals surface area contributed by atoms with Gasteiger partial charge in [-0.1, -0.05) is 271 Å². The van der Waals surface area contributed by atoms with E-state index in [0.717, 1.165) is 55.7 Å². The molecule has 0 unspecified atom stereocenters. The Hall–Kier alpha value is -9.55. The van der Waals surface area contributed by atoms with Crippen LogP contribution in [0.3, 0.4) is 0 Å². The third-order valence-electron chi connectivity index (χ3n) is 15.3. The Kier molecular flexibility index (Phi) is 12.5. The maximum atomic E-state index is 5.31. The van der Waals surface area contributed by atoms with Crippen molar-refractivity contribution in [3.8, 4) is 73.2 Å². The van der Waals surface area contributed by atoms with Crippen LogP contribution in [0.1, 0.15) is 22.3 Å². The van der Waals surface area contributed by atoms with Gasteiger partial charge in [0.2, 0.25) is 0 Å². The van der Waals surface area contributed by atoms with Gasteiger partial charge in [0.15, 0.2) is 25.5 Å². The summed E-state index contributed by atoms with van der Waals surface area (Å²) in [6.07, 6.45) is 0. The van der Waals surface area contributed by atoms with Crippen LogP contribution in [0.15, 0.2) is 267 Å². The summed E-state index contributed by atoms with van der Waals surface area (Å²) < 4.78 is 2.52. The van der Waals surface area contributed by atoms with Gasteiger partial charge in [0.1, 0.15) is 0 Å². The minimum Gasteiger partial charge on any atom is -0.309 e. The number of fused-ring (bicyclic) bond motifs is 3. The molecule has 0 aliphatic rings. The smallest absolute Gasteiger partial charge is 0.179 e. The molecule has 0 saturated carbocycles. The molecule has 372 valence electrons. The molecule has 78 heavy (non-hydrogen) atoms. The van der Waals surface area contributed by atoms with E-state index in [1.807, 2.05) is 36.4 Å². The highest BCUT2D eigenvalue weighted by Crippen LogP contribution is 2.41. The molecule has 0 aliphatic carbocycles. The van der Waals surface area contributed by atoms with Gasteiger partial charge in [0.05, 0.1) is 16.7 Å². The monoisotopic (exact) mass is 1020 g/mol. The molecule has 0 fully saturated rings. The molecule has 0 aliphatic heterocycles. The molecule has 2 aromatic heterocycles. The Morgan fingerprint density at radius 1 is 0.269 bits per heavy atom. The van der Waals surface area contributed by atoms with Crippen LogP contribution in [0, 0.1) is 27.7 Å². The van der Waals surface area contributed by atoms with Crippen LogP contribution >= 0.6 is 0 Å². The Labute approximate surface area is 457 Å². The molecule has 13 rings (SSSR count). The molecule has 5 heteroatoms. The van der Waals surface area contributed by atoms with E-state index in [-0.39, 0.29) is 0 Å². The fraction of sp³-hybridized carbons (Fsp3) is 0.0548. The lowest BCUT2D eigenvalue weighted by atomic mass is 9.98. The summed E-state index contributed by atoms with van der Waals surface area (Å²) in [5.74, 6) is 1.84.